The number of aromatic amines is 1. The number of aryl methyl sites for hydroxylation is 1. The lowest BCUT2D eigenvalue weighted by molar-refractivity contribution is 0.414. The second-order valence-corrected chi connectivity index (χ2v) is 4.27. The van der Waals surface area contributed by atoms with E-state index in [0.29, 0.717) is 5.75 Å². The summed E-state index contributed by atoms with van der Waals surface area (Å²) >= 11 is 0. The van der Waals surface area contributed by atoms with Gasteiger partial charge in [0.15, 0.2) is 11.6 Å². The van der Waals surface area contributed by atoms with Gasteiger partial charge in [-0.05, 0) is 25.1 Å². The minimum absolute atomic E-state index is 0.692. The average molecular weight is 254 g/mol. The molecule has 0 aliphatic carbocycles. The van der Waals surface area contributed by atoms with Crippen molar-refractivity contribution in [2.45, 2.75) is 6.92 Å². The number of anilines is 2. The van der Waals surface area contributed by atoms with Gasteiger partial charge in [0.1, 0.15) is 0 Å². The van der Waals surface area contributed by atoms with Crippen LogP contribution in [0.25, 0.3) is 10.9 Å². The number of H-pyrrole nitrogens is 1. The fraction of sp³-hybridized carbons (Fsp3) is 0.143. The SMILES string of the molecule is COc1cnc(C)cc1Nc1n[nH]c2ccccc12. The Morgan fingerprint density at radius 3 is 2.95 bits per heavy atom. The number of nitrogens with zero attached hydrogens (tertiary/aromatic N) is 2. The first-order chi connectivity index (χ1) is 9.28. The lowest BCUT2D eigenvalue weighted by Gasteiger charge is -2.09. The zero-order chi connectivity index (χ0) is 13.2. The van der Waals surface area contributed by atoms with E-state index in [-0.39, 0.29) is 0 Å². The molecule has 0 radical (unpaired) electrons. The number of hydrogen-bond acceptors (Lipinski definition) is 4. The van der Waals surface area contributed by atoms with E-state index in [4.69, 9.17) is 4.74 Å². The maximum atomic E-state index is 5.30. The van der Waals surface area contributed by atoms with E-state index >= 15 is 0 Å². The third-order valence-electron chi connectivity index (χ3n) is 2.95. The van der Waals surface area contributed by atoms with E-state index in [0.717, 1.165) is 28.1 Å². The molecule has 2 N–H and O–H groups in total. The lowest BCUT2D eigenvalue weighted by atomic mass is 10.2. The Hall–Kier alpha value is -2.56. The molecule has 1 aromatic carbocycles. The molecule has 0 amide bonds. The average Bonchev–Trinajstić information content (AvgIpc) is 2.83. The molecule has 0 saturated carbocycles. The van der Waals surface area contributed by atoms with E-state index in [1.807, 2.05) is 37.3 Å². The number of aromatic nitrogens is 3. The molecule has 0 spiro atoms. The molecular formula is C14H14N4O. The highest BCUT2D eigenvalue weighted by atomic mass is 16.5. The molecule has 2 heterocycles. The van der Waals surface area contributed by atoms with Gasteiger partial charge in [-0.2, -0.15) is 5.10 Å². The number of rotatable bonds is 3. The molecule has 5 heteroatoms. The summed E-state index contributed by atoms with van der Waals surface area (Å²) in [5, 5.41) is 11.6. The highest BCUT2D eigenvalue weighted by Crippen LogP contribution is 2.29. The van der Waals surface area contributed by atoms with Crippen molar-refractivity contribution in [2.24, 2.45) is 0 Å². The smallest absolute Gasteiger partial charge is 0.160 e. The van der Waals surface area contributed by atoms with E-state index < -0.39 is 0 Å². The molecule has 0 aliphatic heterocycles. The molecule has 0 fully saturated rings. The lowest BCUT2D eigenvalue weighted by Crippen LogP contribution is -1.97. The quantitative estimate of drug-likeness (QED) is 0.754. The Kier molecular flexibility index (Phi) is 2.79. The largest absolute Gasteiger partial charge is 0.493 e. The molecule has 2 aromatic heterocycles. The zero-order valence-electron chi connectivity index (χ0n) is 10.8. The van der Waals surface area contributed by atoms with Crippen LogP contribution < -0.4 is 10.1 Å². The Morgan fingerprint density at radius 2 is 2.11 bits per heavy atom. The highest BCUT2D eigenvalue weighted by molar-refractivity contribution is 5.91. The summed E-state index contributed by atoms with van der Waals surface area (Å²) in [4.78, 5) is 4.21. The van der Waals surface area contributed by atoms with E-state index in [9.17, 15) is 0 Å². The fourth-order valence-electron chi connectivity index (χ4n) is 1.99. The van der Waals surface area contributed by atoms with Crippen LogP contribution in [0.3, 0.4) is 0 Å². The van der Waals surface area contributed by atoms with Gasteiger partial charge >= 0.3 is 0 Å². The number of benzene rings is 1. The van der Waals surface area contributed by atoms with Gasteiger partial charge in [0, 0.05) is 11.1 Å². The van der Waals surface area contributed by atoms with Gasteiger partial charge in [0.05, 0.1) is 24.5 Å². The zero-order valence-corrected chi connectivity index (χ0v) is 10.8. The predicted molar refractivity (Wildman–Crippen MR) is 74.9 cm³/mol. The van der Waals surface area contributed by atoms with Gasteiger partial charge in [-0.3, -0.25) is 10.1 Å². The Labute approximate surface area is 110 Å². The number of para-hydroxylation sites is 1. The maximum absolute atomic E-state index is 5.30. The summed E-state index contributed by atoms with van der Waals surface area (Å²) in [7, 11) is 1.63. The standard InChI is InChI=1S/C14H14N4O/c1-9-7-12(13(19-2)8-15-9)16-14-10-5-3-4-6-11(10)17-18-14/h3-8H,1-2H3,(H2,15,16,17,18). The van der Waals surface area contributed by atoms with Crippen molar-refractivity contribution in [3.8, 4) is 5.75 Å². The molecule has 0 unspecified atom stereocenters. The third kappa shape index (κ3) is 2.10. The first-order valence-corrected chi connectivity index (χ1v) is 5.98. The van der Waals surface area contributed by atoms with Crippen molar-refractivity contribution in [2.75, 3.05) is 12.4 Å². The predicted octanol–water partition coefficient (Wildman–Crippen LogP) is 3.02. The minimum Gasteiger partial charge on any atom is -0.493 e. The number of fused-ring (bicyclic) bond motifs is 1. The topological polar surface area (TPSA) is 62.8 Å². The van der Waals surface area contributed by atoms with Gasteiger partial charge in [0.25, 0.3) is 0 Å². The van der Waals surface area contributed by atoms with Crippen LogP contribution in [-0.4, -0.2) is 22.3 Å². The normalized spacial score (nSPS) is 10.6. The summed E-state index contributed by atoms with van der Waals surface area (Å²) < 4.78 is 5.30. The molecule has 3 aromatic rings. The summed E-state index contributed by atoms with van der Waals surface area (Å²) in [5.74, 6) is 1.47. The number of methoxy groups -OCH3 is 1. The van der Waals surface area contributed by atoms with Crippen LogP contribution in [0.5, 0.6) is 5.75 Å². The molecule has 0 atom stereocenters. The summed E-state index contributed by atoms with van der Waals surface area (Å²) in [6.45, 7) is 1.94. The summed E-state index contributed by atoms with van der Waals surface area (Å²) in [5.41, 5.74) is 2.77. The van der Waals surface area contributed by atoms with E-state index in [1.165, 1.54) is 0 Å². The Balaban J connectivity index is 2.03. The van der Waals surface area contributed by atoms with Gasteiger partial charge in [0.2, 0.25) is 0 Å². The van der Waals surface area contributed by atoms with Gasteiger partial charge in [-0.1, -0.05) is 12.1 Å². The number of nitrogens with one attached hydrogen (secondary N) is 2. The second-order valence-electron chi connectivity index (χ2n) is 4.27. The van der Waals surface area contributed by atoms with Gasteiger partial charge in [-0.15, -0.1) is 0 Å². The Bertz CT molecular complexity index is 720. The van der Waals surface area contributed by atoms with Crippen LogP contribution >= 0.6 is 0 Å². The van der Waals surface area contributed by atoms with Crippen LogP contribution in [0.2, 0.25) is 0 Å². The molecule has 0 bridgehead atoms. The highest BCUT2D eigenvalue weighted by Gasteiger charge is 2.09. The third-order valence-corrected chi connectivity index (χ3v) is 2.95. The van der Waals surface area contributed by atoms with Gasteiger partial charge in [-0.25, -0.2) is 0 Å². The number of pyridine rings is 1. The first kappa shape index (κ1) is 11.5. The van der Waals surface area contributed by atoms with Crippen LogP contribution in [0.1, 0.15) is 5.69 Å². The molecule has 0 aliphatic rings. The molecule has 3 rings (SSSR count). The molecule has 5 nitrogen and oxygen atoms in total. The van der Waals surface area contributed by atoms with E-state index in [2.05, 4.69) is 20.5 Å². The van der Waals surface area contributed by atoms with Crippen molar-refractivity contribution in [1.82, 2.24) is 15.2 Å². The number of ether oxygens (including phenoxy) is 1. The Morgan fingerprint density at radius 1 is 1.26 bits per heavy atom. The van der Waals surface area contributed by atoms with Crippen LogP contribution in [-0.2, 0) is 0 Å². The van der Waals surface area contributed by atoms with Crippen LogP contribution in [0.15, 0.2) is 36.5 Å². The second kappa shape index (κ2) is 4.61. The van der Waals surface area contributed by atoms with Crippen molar-refractivity contribution < 1.29 is 4.74 Å². The minimum atomic E-state index is 0.692. The van der Waals surface area contributed by atoms with Crippen molar-refractivity contribution >= 4 is 22.4 Å². The number of hydrogen-bond donors (Lipinski definition) is 2. The van der Waals surface area contributed by atoms with Crippen molar-refractivity contribution in [3.63, 3.8) is 0 Å². The molecular weight excluding hydrogens is 240 g/mol. The van der Waals surface area contributed by atoms with Crippen molar-refractivity contribution in [1.29, 1.82) is 0 Å². The van der Waals surface area contributed by atoms with Crippen molar-refractivity contribution in [3.05, 3.63) is 42.2 Å². The molecule has 0 saturated heterocycles. The summed E-state index contributed by atoms with van der Waals surface area (Å²) in [6, 6.07) is 9.89. The molecule has 96 valence electrons. The fourth-order valence-corrected chi connectivity index (χ4v) is 1.99. The maximum Gasteiger partial charge on any atom is 0.160 e. The monoisotopic (exact) mass is 254 g/mol. The molecule has 19 heavy (non-hydrogen) atoms. The van der Waals surface area contributed by atoms with E-state index in [1.54, 1.807) is 13.3 Å². The summed E-state index contributed by atoms with van der Waals surface area (Å²) in [6.07, 6.45) is 1.70. The first-order valence-electron chi connectivity index (χ1n) is 5.98. The van der Waals surface area contributed by atoms with Crippen LogP contribution in [0, 0.1) is 6.92 Å². The van der Waals surface area contributed by atoms with Gasteiger partial charge < -0.3 is 10.1 Å². The van der Waals surface area contributed by atoms with Crippen LogP contribution in [0.4, 0.5) is 11.5 Å².